The summed E-state index contributed by atoms with van der Waals surface area (Å²) >= 11 is 0. The number of carboxylic acid groups (broad SMARTS) is 2. The summed E-state index contributed by atoms with van der Waals surface area (Å²) in [6, 6.07) is 4.66. The Morgan fingerprint density at radius 1 is 0.822 bits per heavy atom. The highest BCUT2D eigenvalue weighted by atomic mass is 16.7. The number of esters is 2. The van der Waals surface area contributed by atoms with Gasteiger partial charge in [-0.25, -0.2) is 0 Å². The van der Waals surface area contributed by atoms with E-state index in [1.807, 2.05) is 0 Å². The number of carboxylic acids is 2. The zero-order valence-electron chi connectivity index (χ0n) is 22.5. The number of fused-ring (bicyclic) bond motifs is 1. The maximum atomic E-state index is 12.1. The summed E-state index contributed by atoms with van der Waals surface area (Å²) in [4.78, 5) is 57.3. The van der Waals surface area contributed by atoms with Crippen molar-refractivity contribution < 1.29 is 83.4 Å². The molecule has 4 rings (SSSR count). The fourth-order valence-electron chi connectivity index (χ4n) is 4.25. The molecule has 3 aliphatic rings. The molecular weight excluding hydrogens is 612 g/mol. The van der Waals surface area contributed by atoms with Gasteiger partial charge >= 0.3 is 11.9 Å². The minimum atomic E-state index is -2.14. The SMILES string of the molecule is O=C([O-])CC(=O)OC[C@H]1O[C@@H](Oc2cc3c(O)cc(=O)cc-3oc2-c2cc(O)c(O)c(O)c2)[C@H](O)[C@@H](OC(=O)CC(=O)[O-])[C@@H]1O. The Kier molecular flexibility index (Phi) is 9.31. The Labute approximate surface area is 249 Å². The van der Waals surface area contributed by atoms with E-state index < -0.39 is 114 Å². The topological polar surface area (TPSA) is 303 Å². The highest BCUT2D eigenvalue weighted by Gasteiger charge is 2.49. The van der Waals surface area contributed by atoms with Crippen molar-refractivity contribution in [1.82, 2.24) is 0 Å². The van der Waals surface area contributed by atoms with Gasteiger partial charge in [0.2, 0.25) is 6.29 Å². The summed E-state index contributed by atoms with van der Waals surface area (Å²) in [6.07, 6.45) is -12.4. The van der Waals surface area contributed by atoms with Crippen LogP contribution in [0.1, 0.15) is 12.8 Å². The first-order valence-electron chi connectivity index (χ1n) is 12.6. The van der Waals surface area contributed by atoms with Crippen molar-refractivity contribution in [2.24, 2.45) is 0 Å². The maximum absolute atomic E-state index is 12.1. The molecule has 18 nitrogen and oxygen atoms in total. The molecular formula is C27H22O18-2. The first kappa shape index (κ1) is 32.3. The van der Waals surface area contributed by atoms with Gasteiger partial charge < -0.3 is 73.8 Å². The van der Waals surface area contributed by atoms with Crippen molar-refractivity contribution in [3.63, 3.8) is 0 Å². The van der Waals surface area contributed by atoms with Crippen LogP contribution in [0.2, 0.25) is 0 Å². The first-order valence-corrected chi connectivity index (χ1v) is 12.6. The Balaban J connectivity index is 1.77. The van der Waals surface area contributed by atoms with Crippen LogP contribution in [-0.2, 0) is 33.4 Å². The highest BCUT2D eigenvalue weighted by molar-refractivity contribution is 5.89. The second kappa shape index (κ2) is 13.0. The average Bonchev–Trinajstić information content (AvgIpc) is 2.93. The molecule has 6 N–H and O–H groups in total. The molecule has 0 radical (unpaired) electrons. The lowest BCUT2D eigenvalue weighted by Gasteiger charge is -2.41. The third kappa shape index (κ3) is 7.32. The highest BCUT2D eigenvalue weighted by Crippen LogP contribution is 2.45. The lowest BCUT2D eigenvalue weighted by Crippen LogP contribution is -2.61. The van der Waals surface area contributed by atoms with Crippen molar-refractivity contribution in [1.29, 1.82) is 0 Å². The number of aliphatic carboxylic acids is 2. The van der Waals surface area contributed by atoms with Crippen LogP contribution in [0.25, 0.3) is 22.6 Å². The van der Waals surface area contributed by atoms with E-state index in [4.69, 9.17) is 23.4 Å². The third-order valence-electron chi connectivity index (χ3n) is 6.28. The molecule has 1 aliphatic carbocycles. The molecule has 45 heavy (non-hydrogen) atoms. The van der Waals surface area contributed by atoms with E-state index >= 15 is 0 Å². The molecule has 18 heteroatoms. The standard InChI is InChI=1S/C27H24O18/c28-10-3-12(29)11-5-16(25(42-15(11)4-10)9-1-13(30)22(38)14(31)2-9)43-27-24(40)26(45-21(37)7-19(34)35)23(39)17(44-27)8-41-20(36)6-18(32)33/h1-5,17,23-24,26-27,29-31,38-40H,6-8H2,(H,32,33)(H,34,35)/p-2/t17-,23-,24-,26+,27-/m1/s1. The molecule has 1 saturated heterocycles. The van der Waals surface area contributed by atoms with E-state index in [0.717, 1.165) is 30.3 Å². The van der Waals surface area contributed by atoms with Crippen LogP contribution in [0.5, 0.6) is 28.7 Å². The summed E-state index contributed by atoms with van der Waals surface area (Å²) in [5.74, 6) is -10.7. The van der Waals surface area contributed by atoms with Crippen LogP contribution in [0, 0.1) is 0 Å². The molecule has 2 aliphatic heterocycles. The van der Waals surface area contributed by atoms with Gasteiger partial charge in [-0.05, 0) is 18.2 Å². The molecule has 1 fully saturated rings. The molecule has 0 bridgehead atoms. The summed E-state index contributed by atoms with van der Waals surface area (Å²) in [7, 11) is 0. The van der Waals surface area contributed by atoms with Crippen molar-refractivity contribution in [2.45, 2.75) is 43.5 Å². The van der Waals surface area contributed by atoms with E-state index in [2.05, 4.69) is 0 Å². The number of hydrogen-bond acceptors (Lipinski definition) is 18. The minimum absolute atomic E-state index is 0.143. The van der Waals surface area contributed by atoms with Gasteiger partial charge in [-0.3, -0.25) is 14.4 Å². The Bertz CT molecular complexity index is 1640. The molecule has 5 atom stereocenters. The molecule has 0 amide bonds. The van der Waals surface area contributed by atoms with Gasteiger partial charge in [-0.15, -0.1) is 0 Å². The van der Waals surface area contributed by atoms with Crippen LogP contribution in [0.15, 0.2) is 39.5 Å². The molecule has 0 spiro atoms. The van der Waals surface area contributed by atoms with Gasteiger partial charge in [0.15, 0.2) is 46.4 Å². The second-order valence-electron chi connectivity index (χ2n) is 9.53. The van der Waals surface area contributed by atoms with Crippen molar-refractivity contribution in [3.05, 3.63) is 40.6 Å². The fraction of sp³-hybridized carbons (Fsp3) is 0.296. The van der Waals surface area contributed by atoms with Crippen LogP contribution in [0.4, 0.5) is 0 Å². The maximum Gasteiger partial charge on any atom is 0.311 e. The van der Waals surface area contributed by atoms with Gasteiger partial charge in [0.1, 0.15) is 30.3 Å². The van der Waals surface area contributed by atoms with E-state index in [-0.39, 0.29) is 16.9 Å². The fourth-order valence-corrected chi connectivity index (χ4v) is 4.25. The Morgan fingerprint density at radius 3 is 2.07 bits per heavy atom. The first-order chi connectivity index (χ1) is 21.1. The molecule has 0 unspecified atom stereocenters. The summed E-state index contributed by atoms with van der Waals surface area (Å²) in [5.41, 5.74) is -1.03. The number of carbonyl (C=O) groups excluding carboxylic acids is 4. The van der Waals surface area contributed by atoms with Crippen molar-refractivity contribution in [2.75, 3.05) is 6.61 Å². The number of rotatable bonds is 10. The minimum Gasteiger partial charge on any atom is -0.550 e. The molecule has 2 heterocycles. The van der Waals surface area contributed by atoms with Gasteiger partial charge in [0.05, 0.1) is 30.3 Å². The van der Waals surface area contributed by atoms with Crippen LogP contribution in [-0.4, -0.2) is 91.8 Å². The normalized spacial score (nSPS) is 21.2. The number of hydrogen-bond donors (Lipinski definition) is 6. The predicted octanol–water partition coefficient (Wildman–Crippen LogP) is -3.21. The quantitative estimate of drug-likeness (QED) is 0.0726. The number of aromatic hydroxyl groups is 4. The van der Waals surface area contributed by atoms with Gasteiger partial charge in [-0.2, -0.15) is 0 Å². The number of carbonyl (C=O) groups is 4. The largest absolute Gasteiger partial charge is 0.550 e. The van der Waals surface area contributed by atoms with Gasteiger partial charge in [0.25, 0.3) is 0 Å². The van der Waals surface area contributed by atoms with E-state index in [9.17, 15) is 64.8 Å². The number of ether oxygens (including phenoxy) is 4. The smallest absolute Gasteiger partial charge is 0.311 e. The van der Waals surface area contributed by atoms with Gasteiger partial charge in [-0.1, -0.05) is 0 Å². The number of aliphatic hydroxyl groups is 2. The van der Waals surface area contributed by atoms with E-state index in [1.54, 1.807) is 0 Å². The lowest BCUT2D eigenvalue weighted by atomic mass is 9.98. The predicted molar refractivity (Wildman–Crippen MR) is 135 cm³/mol. The zero-order chi connectivity index (χ0) is 33.2. The lowest BCUT2D eigenvalue weighted by molar-refractivity contribution is -0.308. The number of benzene rings is 2. The molecule has 1 aromatic rings. The Morgan fingerprint density at radius 2 is 1.44 bits per heavy atom. The average molecular weight is 634 g/mol. The molecule has 0 aromatic heterocycles. The van der Waals surface area contributed by atoms with Crippen LogP contribution in [0.3, 0.4) is 0 Å². The number of phenolic OH excluding ortho intramolecular Hbond substituents is 4. The van der Waals surface area contributed by atoms with E-state index in [1.165, 1.54) is 0 Å². The molecule has 0 saturated carbocycles. The zero-order valence-corrected chi connectivity index (χ0v) is 22.5. The summed E-state index contributed by atoms with van der Waals surface area (Å²) in [6.45, 7) is -0.907. The molecule has 240 valence electrons. The number of phenols is 4. The van der Waals surface area contributed by atoms with Crippen molar-refractivity contribution >= 4 is 23.9 Å². The summed E-state index contributed by atoms with van der Waals surface area (Å²) in [5, 5.41) is 83.4. The van der Waals surface area contributed by atoms with Crippen LogP contribution < -0.4 is 20.4 Å². The molecule has 1 aromatic carbocycles. The Hall–Kier alpha value is -5.59. The van der Waals surface area contributed by atoms with Crippen LogP contribution >= 0.6 is 0 Å². The van der Waals surface area contributed by atoms with E-state index in [0.29, 0.717) is 0 Å². The summed E-state index contributed by atoms with van der Waals surface area (Å²) < 4.78 is 26.6. The third-order valence-corrected chi connectivity index (χ3v) is 6.28. The van der Waals surface area contributed by atoms with Gasteiger partial charge in [0, 0.05) is 17.7 Å². The van der Waals surface area contributed by atoms with Crippen molar-refractivity contribution in [3.8, 4) is 51.4 Å². The monoisotopic (exact) mass is 634 g/mol. The second-order valence-corrected chi connectivity index (χ2v) is 9.53. The number of aliphatic hydroxyl groups excluding tert-OH is 2.